The zero-order valence-electron chi connectivity index (χ0n) is 23.8. The first-order chi connectivity index (χ1) is 20.3. The summed E-state index contributed by atoms with van der Waals surface area (Å²) in [7, 11) is 0. The van der Waals surface area contributed by atoms with Crippen molar-refractivity contribution in [2.75, 3.05) is 37.6 Å². The lowest BCUT2D eigenvalue weighted by atomic mass is 10.0. The molecule has 1 aliphatic rings. The minimum Gasteiger partial charge on any atom is -0.350 e. The fourth-order valence-electron chi connectivity index (χ4n) is 5.09. The highest BCUT2D eigenvalue weighted by atomic mass is 32.1. The number of aromatic nitrogens is 4. The van der Waals surface area contributed by atoms with Crippen LogP contribution in [0.15, 0.2) is 48.1 Å². The van der Waals surface area contributed by atoms with E-state index in [1.807, 2.05) is 29.8 Å². The SMILES string of the molecule is CCN(CC)C(C)CNC(=O)c1cc(-c2cnn3ccc(-c4cccs4)nc23)nc(N2CCC2C(=O)NCC(F)F)c1. The van der Waals surface area contributed by atoms with Gasteiger partial charge in [0, 0.05) is 30.9 Å². The van der Waals surface area contributed by atoms with Crippen LogP contribution in [0.3, 0.4) is 0 Å². The number of nitrogens with one attached hydrogen (secondary N) is 2. The molecule has 4 aromatic rings. The number of carbonyl (C=O) groups excluding carboxylic acids is 2. The number of hydrogen-bond donors (Lipinski definition) is 2. The maximum Gasteiger partial charge on any atom is 0.255 e. The van der Waals surface area contributed by atoms with E-state index in [2.05, 4.69) is 41.4 Å². The van der Waals surface area contributed by atoms with Crippen LogP contribution in [0.4, 0.5) is 14.6 Å². The fourth-order valence-corrected chi connectivity index (χ4v) is 5.79. The quantitative estimate of drug-likeness (QED) is 0.255. The van der Waals surface area contributed by atoms with E-state index in [4.69, 9.17) is 9.97 Å². The average molecular weight is 597 g/mol. The lowest BCUT2D eigenvalue weighted by Gasteiger charge is -2.41. The molecule has 0 spiro atoms. The largest absolute Gasteiger partial charge is 0.350 e. The van der Waals surface area contributed by atoms with Crippen LogP contribution < -0.4 is 15.5 Å². The summed E-state index contributed by atoms with van der Waals surface area (Å²) in [6.45, 7) is 8.21. The third kappa shape index (κ3) is 6.26. The van der Waals surface area contributed by atoms with Gasteiger partial charge in [0.1, 0.15) is 11.9 Å². The van der Waals surface area contributed by atoms with Gasteiger partial charge in [-0.25, -0.2) is 23.3 Å². The molecule has 1 aliphatic heterocycles. The molecule has 13 heteroatoms. The van der Waals surface area contributed by atoms with E-state index in [0.29, 0.717) is 47.8 Å². The van der Waals surface area contributed by atoms with E-state index < -0.39 is 24.9 Å². The standard InChI is InChI=1S/C29H34F2N8O2S/c1-4-37(5-2)18(3)15-32-28(40)19-13-22(35-26(14-19)38-10-9-23(38)29(41)33-17-25(30)31)20-16-34-39-11-8-21(36-27(20)39)24-7-6-12-42-24/h6-8,11-14,16,18,23,25H,4-5,9-10,15,17H2,1-3H3,(H,32,40)(H,33,41). The molecule has 10 nitrogen and oxygen atoms in total. The summed E-state index contributed by atoms with van der Waals surface area (Å²) in [6.07, 6.45) is 1.33. The fraction of sp³-hybridized carbons (Fsp3) is 0.414. The molecule has 2 N–H and O–H groups in total. The van der Waals surface area contributed by atoms with Gasteiger partial charge in [0.2, 0.25) is 5.91 Å². The monoisotopic (exact) mass is 596 g/mol. The highest BCUT2D eigenvalue weighted by molar-refractivity contribution is 7.13. The van der Waals surface area contributed by atoms with E-state index in [1.165, 1.54) is 0 Å². The zero-order chi connectivity index (χ0) is 29.8. The number of pyridine rings is 1. The van der Waals surface area contributed by atoms with Crippen molar-refractivity contribution in [3.8, 4) is 21.8 Å². The van der Waals surface area contributed by atoms with Crippen molar-refractivity contribution in [1.29, 1.82) is 0 Å². The van der Waals surface area contributed by atoms with Gasteiger partial charge in [-0.15, -0.1) is 11.3 Å². The van der Waals surface area contributed by atoms with E-state index >= 15 is 0 Å². The number of likely N-dealkylation sites (N-methyl/N-ethyl adjacent to an activating group) is 1. The van der Waals surface area contributed by atoms with Crippen LogP contribution in [0.5, 0.6) is 0 Å². The van der Waals surface area contributed by atoms with Gasteiger partial charge >= 0.3 is 0 Å². The first-order valence-corrected chi connectivity index (χ1v) is 14.9. The van der Waals surface area contributed by atoms with Crippen LogP contribution in [-0.2, 0) is 4.79 Å². The summed E-state index contributed by atoms with van der Waals surface area (Å²) in [5, 5.41) is 11.8. The normalized spacial score (nSPS) is 15.7. The van der Waals surface area contributed by atoms with E-state index in [9.17, 15) is 18.4 Å². The lowest BCUT2D eigenvalue weighted by molar-refractivity contribution is -0.124. The predicted molar refractivity (Wildman–Crippen MR) is 159 cm³/mol. The van der Waals surface area contributed by atoms with Crippen LogP contribution in [0.2, 0.25) is 0 Å². The number of halogens is 2. The Kier molecular flexibility index (Phi) is 9.07. The number of alkyl halides is 2. The van der Waals surface area contributed by atoms with Gasteiger partial charge in [0.25, 0.3) is 12.3 Å². The van der Waals surface area contributed by atoms with Crippen molar-refractivity contribution >= 4 is 34.6 Å². The number of hydrogen-bond acceptors (Lipinski definition) is 8. The molecule has 1 saturated heterocycles. The number of nitrogens with zero attached hydrogens (tertiary/aromatic N) is 6. The zero-order valence-corrected chi connectivity index (χ0v) is 24.6. The van der Waals surface area contributed by atoms with Crippen molar-refractivity contribution in [3.05, 3.63) is 53.7 Å². The Morgan fingerprint density at radius 2 is 1.93 bits per heavy atom. The molecule has 0 aliphatic carbocycles. The number of amides is 2. The maximum atomic E-state index is 13.4. The highest BCUT2D eigenvalue weighted by Crippen LogP contribution is 2.32. The molecule has 5 heterocycles. The molecule has 0 radical (unpaired) electrons. The van der Waals surface area contributed by atoms with Crippen LogP contribution >= 0.6 is 11.3 Å². The average Bonchev–Trinajstić information content (AvgIpc) is 3.65. The van der Waals surface area contributed by atoms with Crippen molar-refractivity contribution in [3.63, 3.8) is 0 Å². The maximum absolute atomic E-state index is 13.4. The second kappa shape index (κ2) is 12.9. The Hall–Kier alpha value is -3.97. The first kappa shape index (κ1) is 29.5. The second-order valence-electron chi connectivity index (χ2n) is 10.1. The van der Waals surface area contributed by atoms with Gasteiger partial charge < -0.3 is 15.5 Å². The summed E-state index contributed by atoms with van der Waals surface area (Å²) >= 11 is 1.58. The van der Waals surface area contributed by atoms with Gasteiger partial charge in [-0.2, -0.15) is 5.10 Å². The minimum absolute atomic E-state index is 0.141. The first-order valence-electron chi connectivity index (χ1n) is 14.0. The molecular weight excluding hydrogens is 562 g/mol. The van der Waals surface area contributed by atoms with Crippen LogP contribution in [0, 0.1) is 0 Å². The molecular formula is C29H34F2N8O2S. The topological polar surface area (TPSA) is 108 Å². The molecule has 0 aromatic carbocycles. The predicted octanol–water partition coefficient (Wildman–Crippen LogP) is 3.94. The van der Waals surface area contributed by atoms with E-state index in [-0.39, 0.29) is 11.9 Å². The Labute approximate surface area is 246 Å². The van der Waals surface area contributed by atoms with Gasteiger partial charge in [0.15, 0.2) is 5.65 Å². The summed E-state index contributed by atoms with van der Waals surface area (Å²) in [5.41, 5.74) is 2.83. The number of rotatable bonds is 12. The minimum atomic E-state index is -2.64. The van der Waals surface area contributed by atoms with E-state index in [1.54, 1.807) is 39.1 Å². The second-order valence-corrected chi connectivity index (χ2v) is 11.1. The Morgan fingerprint density at radius 1 is 1.12 bits per heavy atom. The van der Waals surface area contributed by atoms with Crippen molar-refractivity contribution in [2.24, 2.45) is 0 Å². The Bertz CT molecular complexity index is 1540. The highest BCUT2D eigenvalue weighted by Gasteiger charge is 2.36. The molecule has 2 atom stereocenters. The third-order valence-corrected chi connectivity index (χ3v) is 8.43. The molecule has 5 rings (SSSR count). The summed E-state index contributed by atoms with van der Waals surface area (Å²) < 4.78 is 27.1. The number of thiophene rings is 1. The molecule has 222 valence electrons. The van der Waals surface area contributed by atoms with Crippen molar-refractivity contribution in [2.45, 2.75) is 45.7 Å². The van der Waals surface area contributed by atoms with Gasteiger partial charge in [-0.05, 0) is 56.1 Å². The summed E-state index contributed by atoms with van der Waals surface area (Å²) in [6, 6.07) is 8.66. The smallest absolute Gasteiger partial charge is 0.255 e. The third-order valence-electron chi connectivity index (χ3n) is 7.53. The van der Waals surface area contributed by atoms with Crippen LogP contribution in [-0.4, -0.2) is 87.5 Å². The van der Waals surface area contributed by atoms with E-state index in [0.717, 1.165) is 23.7 Å². The molecule has 42 heavy (non-hydrogen) atoms. The summed E-state index contributed by atoms with van der Waals surface area (Å²) in [4.78, 5) is 40.7. The van der Waals surface area contributed by atoms with Crippen LogP contribution in [0.25, 0.3) is 27.5 Å². The van der Waals surface area contributed by atoms with Crippen LogP contribution in [0.1, 0.15) is 37.6 Å². The molecule has 4 aromatic heterocycles. The number of fused-ring (bicyclic) bond motifs is 1. The molecule has 0 saturated carbocycles. The Morgan fingerprint density at radius 3 is 2.60 bits per heavy atom. The Balaban J connectivity index is 1.50. The van der Waals surface area contributed by atoms with Gasteiger partial charge in [0.05, 0.1) is 34.6 Å². The molecule has 2 unspecified atom stereocenters. The van der Waals surface area contributed by atoms with Crippen molar-refractivity contribution < 1.29 is 18.4 Å². The molecule has 2 amide bonds. The summed E-state index contributed by atoms with van der Waals surface area (Å²) in [5.74, 6) is -0.362. The van der Waals surface area contributed by atoms with Crippen molar-refractivity contribution in [1.82, 2.24) is 35.1 Å². The lowest BCUT2D eigenvalue weighted by Crippen LogP contribution is -2.57. The van der Waals surface area contributed by atoms with Gasteiger partial charge in [-0.1, -0.05) is 19.9 Å². The number of anilines is 1. The molecule has 0 bridgehead atoms. The number of carbonyl (C=O) groups is 2. The van der Waals surface area contributed by atoms with Gasteiger partial charge in [-0.3, -0.25) is 14.5 Å². The molecule has 1 fully saturated rings.